The molecule has 186 valence electrons. The Morgan fingerprint density at radius 2 is 1.91 bits per heavy atom. The van der Waals surface area contributed by atoms with Crippen molar-refractivity contribution in [2.24, 2.45) is 16.5 Å². The maximum atomic E-state index is 13.3. The number of aliphatic imine (C=N–C) groups is 1. The lowest BCUT2D eigenvalue weighted by Crippen LogP contribution is -2.41. The third-order valence-electron chi connectivity index (χ3n) is 5.64. The molecule has 1 aliphatic heterocycles. The molecule has 0 bridgehead atoms. The fourth-order valence-corrected chi connectivity index (χ4v) is 4.49. The van der Waals surface area contributed by atoms with Gasteiger partial charge in [0, 0.05) is 38.9 Å². The van der Waals surface area contributed by atoms with E-state index in [9.17, 15) is 13.2 Å². The van der Waals surface area contributed by atoms with Crippen LogP contribution < -0.4 is 11.5 Å². The number of hydrogen-bond acceptors (Lipinski definition) is 7. The molecule has 0 aromatic carbocycles. The van der Waals surface area contributed by atoms with E-state index in [0.29, 0.717) is 29.2 Å². The van der Waals surface area contributed by atoms with Crippen LogP contribution in [0.15, 0.2) is 47.7 Å². The van der Waals surface area contributed by atoms with Crippen LogP contribution in [-0.4, -0.2) is 40.0 Å². The molecule has 4 heterocycles. The minimum absolute atomic E-state index is 0.0135. The SMILES string of the molecule is C[Si](C)(C)CCOCn1ccc2c(C3(N)C=CN=C(N)C3)nc(-c3cccc(C(F)(F)F)n3)nc21. The van der Waals surface area contributed by atoms with Gasteiger partial charge in [-0.25, -0.2) is 19.9 Å². The molecule has 3 aromatic rings. The first-order valence-corrected chi connectivity index (χ1v) is 14.8. The van der Waals surface area contributed by atoms with Gasteiger partial charge in [-0.2, -0.15) is 13.2 Å². The summed E-state index contributed by atoms with van der Waals surface area (Å²) in [4.78, 5) is 17.0. The van der Waals surface area contributed by atoms with Crippen molar-refractivity contribution in [3.63, 3.8) is 0 Å². The van der Waals surface area contributed by atoms with Crippen LogP contribution in [0.4, 0.5) is 13.2 Å². The molecule has 0 saturated carbocycles. The lowest BCUT2D eigenvalue weighted by molar-refractivity contribution is -0.141. The molecule has 0 saturated heterocycles. The molecule has 3 aromatic heterocycles. The first-order chi connectivity index (χ1) is 16.4. The van der Waals surface area contributed by atoms with Crippen LogP contribution in [0.5, 0.6) is 0 Å². The number of halogens is 3. The lowest BCUT2D eigenvalue weighted by atomic mass is 9.88. The van der Waals surface area contributed by atoms with Gasteiger partial charge in [0.1, 0.15) is 29.6 Å². The second-order valence-corrected chi connectivity index (χ2v) is 15.4. The van der Waals surface area contributed by atoms with Crippen molar-refractivity contribution in [3.05, 3.63) is 54.1 Å². The van der Waals surface area contributed by atoms with Crippen molar-refractivity contribution in [1.29, 1.82) is 0 Å². The second-order valence-electron chi connectivity index (χ2n) is 9.83. The van der Waals surface area contributed by atoms with E-state index >= 15 is 0 Å². The standard InChI is InChI=1S/C23H28F3N7OSi/c1-35(2,3)12-11-34-14-33-10-7-15-19(22(28)8-9-29-18(27)13-22)31-20(32-21(15)33)16-5-4-6-17(30-16)23(24,25)26/h4-10H,11-14,28H2,1-3H3,(H2,27,29). The Morgan fingerprint density at radius 1 is 1.14 bits per heavy atom. The summed E-state index contributed by atoms with van der Waals surface area (Å²) in [6.07, 6.45) is 0.582. The predicted octanol–water partition coefficient (Wildman–Crippen LogP) is 4.25. The number of amidine groups is 1. The zero-order chi connectivity index (χ0) is 25.4. The Bertz CT molecular complexity index is 1300. The van der Waals surface area contributed by atoms with Crippen LogP contribution >= 0.6 is 0 Å². The zero-order valence-corrected chi connectivity index (χ0v) is 20.8. The summed E-state index contributed by atoms with van der Waals surface area (Å²) < 4.78 is 47.6. The van der Waals surface area contributed by atoms with E-state index in [1.165, 1.54) is 18.3 Å². The average Bonchev–Trinajstić information content (AvgIpc) is 3.17. The van der Waals surface area contributed by atoms with Crippen LogP contribution in [0.2, 0.25) is 25.7 Å². The number of nitrogens with two attached hydrogens (primary N) is 2. The monoisotopic (exact) mass is 503 g/mol. The Hall–Kier alpha value is -3.09. The Kier molecular flexibility index (Phi) is 6.55. The van der Waals surface area contributed by atoms with Crippen LogP contribution in [0.3, 0.4) is 0 Å². The summed E-state index contributed by atoms with van der Waals surface area (Å²) >= 11 is 0. The van der Waals surface area contributed by atoms with Gasteiger partial charge in [0.15, 0.2) is 5.82 Å². The first kappa shape index (κ1) is 25.0. The number of nitrogens with zero attached hydrogens (tertiary/aromatic N) is 5. The van der Waals surface area contributed by atoms with Crippen LogP contribution in [-0.2, 0) is 23.2 Å². The van der Waals surface area contributed by atoms with Crippen molar-refractivity contribution >= 4 is 24.9 Å². The fraction of sp³-hybridized carbons (Fsp3) is 0.391. The fourth-order valence-electron chi connectivity index (χ4n) is 3.73. The molecule has 1 unspecified atom stereocenters. The Balaban J connectivity index is 1.80. The minimum atomic E-state index is -4.60. The quantitative estimate of drug-likeness (QED) is 0.368. The molecule has 1 atom stereocenters. The van der Waals surface area contributed by atoms with Gasteiger partial charge in [0.25, 0.3) is 0 Å². The highest BCUT2D eigenvalue weighted by Gasteiger charge is 2.35. The van der Waals surface area contributed by atoms with Gasteiger partial charge in [-0.05, 0) is 30.3 Å². The number of hydrogen-bond donors (Lipinski definition) is 2. The Morgan fingerprint density at radius 3 is 2.60 bits per heavy atom. The normalized spacial score (nSPS) is 18.8. The molecule has 0 fully saturated rings. The third-order valence-corrected chi connectivity index (χ3v) is 7.35. The number of pyridine rings is 1. The summed E-state index contributed by atoms with van der Waals surface area (Å²) in [7, 11) is -1.26. The Labute approximate surface area is 201 Å². The number of fused-ring (bicyclic) bond motifs is 1. The van der Waals surface area contributed by atoms with E-state index in [4.69, 9.17) is 16.2 Å². The average molecular weight is 504 g/mol. The van der Waals surface area contributed by atoms with Gasteiger partial charge >= 0.3 is 6.18 Å². The summed E-state index contributed by atoms with van der Waals surface area (Å²) in [6, 6.07) is 6.44. The second kappa shape index (κ2) is 9.17. The van der Waals surface area contributed by atoms with E-state index in [2.05, 4.69) is 39.6 Å². The third kappa shape index (κ3) is 5.60. The topological polar surface area (TPSA) is 117 Å². The van der Waals surface area contributed by atoms with Gasteiger partial charge in [0.05, 0.1) is 11.2 Å². The molecule has 1 aliphatic rings. The van der Waals surface area contributed by atoms with Crippen molar-refractivity contribution in [3.8, 4) is 11.5 Å². The van der Waals surface area contributed by atoms with Crippen molar-refractivity contribution in [1.82, 2.24) is 19.5 Å². The van der Waals surface area contributed by atoms with Crippen molar-refractivity contribution in [2.75, 3.05) is 6.61 Å². The van der Waals surface area contributed by atoms with E-state index in [-0.39, 0.29) is 24.7 Å². The number of ether oxygens (including phenoxy) is 1. The molecule has 4 rings (SSSR count). The number of aromatic nitrogens is 4. The van der Waals surface area contributed by atoms with Gasteiger partial charge in [-0.15, -0.1) is 0 Å². The van der Waals surface area contributed by atoms with Gasteiger partial charge in [-0.1, -0.05) is 25.7 Å². The molecule has 0 spiro atoms. The van der Waals surface area contributed by atoms with E-state index < -0.39 is 25.5 Å². The first-order valence-electron chi connectivity index (χ1n) is 11.1. The molecule has 0 radical (unpaired) electrons. The van der Waals surface area contributed by atoms with Crippen LogP contribution in [0.1, 0.15) is 17.8 Å². The van der Waals surface area contributed by atoms with Crippen LogP contribution in [0, 0.1) is 0 Å². The predicted molar refractivity (Wildman–Crippen MR) is 131 cm³/mol. The smallest absolute Gasteiger partial charge is 0.387 e. The van der Waals surface area contributed by atoms with Crippen LogP contribution in [0.25, 0.3) is 22.6 Å². The van der Waals surface area contributed by atoms with Gasteiger partial charge in [0.2, 0.25) is 0 Å². The van der Waals surface area contributed by atoms with Crippen molar-refractivity contribution in [2.45, 2.75) is 50.6 Å². The summed E-state index contributed by atoms with van der Waals surface area (Å²) in [5, 5.41) is 0.649. The lowest BCUT2D eigenvalue weighted by Gasteiger charge is -2.28. The van der Waals surface area contributed by atoms with E-state index in [1.807, 2.05) is 6.07 Å². The highest BCUT2D eigenvalue weighted by atomic mass is 28.3. The zero-order valence-electron chi connectivity index (χ0n) is 19.8. The van der Waals surface area contributed by atoms with Gasteiger partial charge in [-0.3, -0.25) is 0 Å². The molecule has 35 heavy (non-hydrogen) atoms. The summed E-state index contributed by atoms with van der Waals surface area (Å²) in [5.74, 6) is 0.356. The summed E-state index contributed by atoms with van der Waals surface area (Å²) in [5.41, 5.74) is 11.4. The highest BCUT2D eigenvalue weighted by Crippen LogP contribution is 2.34. The largest absolute Gasteiger partial charge is 0.433 e. The molecular formula is C23H28F3N7OSi. The van der Waals surface area contributed by atoms with Gasteiger partial charge < -0.3 is 20.8 Å². The number of rotatable bonds is 7. The van der Waals surface area contributed by atoms with E-state index in [0.717, 1.165) is 12.1 Å². The highest BCUT2D eigenvalue weighted by molar-refractivity contribution is 6.76. The van der Waals surface area contributed by atoms with E-state index in [1.54, 1.807) is 16.8 Å². The number of alkyl halides is 3. The molecule has 0 aliphatic carbocycles. The molecule has 0 amide bonds. The minimum Gasteiger partial charge on any atom is -0.387 e. The molecule has 4 N–H and O–H groups in total. The molecular weight excluding hydrogens is 475 g/mol. The summed E-state index contributed by atoms with van der Waals surface area (Å²) in [6.45, 7) is 7.64. The maximum Gasteiger partial charge on any atom is 0.433 e. The maximum absolute atomic E-state index is 13.3. The molecule has 8 nitrogen and oxygen atoms in total. The van der Waals surface area contributed by atoms with Crippen molar-refractivity contribution < 1.29 is 17.9 Å². The molecule has 12 heteroatoms.